The normalized spacial score (nSPS) is 18.1. The van der Waals surface area contributed by atoms with E-state index in [1.807, 2.05) is 6.92 Å². The summed E-state index contributed by atoms with van der Waals surface area (Å²) in [6, 6.07) is 2.32. The minimum absolute atomic E-state index is 0.0419. The Bertz CT molecular complexity index is 590. The Balaban J connectivity index is 1.65. The van der Waals surface area contributed by atoms with Crippen molar-refractivity contribution < 1.29 is 4.79 Å². The van der Waals surface area contributed by atoms with Crippen LogP contribution in [0.4, 0.5) is 0 Å². The molecule has 0 radical (unpaired) electrons. The lowest BCUT2D eigenvalue weighted by molar-refractivity contribution is -0.121. The van der Waals surface area contributed by atoms with Crippen LogP contribution in [0.15, 0.2) is 11.4 Å². The molecule has 0 saturated heterocycles. The standard InChI is InChI=1S/C13H15N3OS2/c1-8-15-16-13(19-8)7-12(17)14-10-3-2-4-11-9(10)5-6-18-11/h5-6,10H,2-4,7H2,1H3,(H,14,17). The first-order valence-corrected chi connectivity index (χ1v) is 8.06. The van der Waals surface area contributed by atoms with Gasteiger partial charge in [0, 0.05) is 4.88 Å². The van der Waals surface area contributed by atoms with E-state index >= 15 is 0 Å². The molecule has 0 bridgehead atoms. The van der Waals surface area contributed by atoms with Gasteiger partial charge in [0.15, 0.2) is 0 Å². The average molecular weight is 293 g/mol. The summed E-state index contributed by atoms with van der Waals surface area (Å²) in [5, 5.41) is 14.9. The second kappa shape index (κ2) is 5.38. The van der Waals surface area contributed by atoms with Gasteiger partial charge in [-0.25, -0.2) is 0 Å². The molecule has 1 unspecified atom stereocenters. The fraction of sp³-hybridized carbons (Fsp3) is 0.462. The van der Waals surface area contributed by atoms with Gasteiger partial charge in [-0.05, 0) is 43.2 Å². The van der Waals surface area contributed by atoms with Crippen molar-refractivity contribution in [2.24, 2.45) is 0 Å². The second-order valence-electron chi connectivity index (χ2n) is 4.70. The van der Waals surface area contributed by atoms with Crippen molar-refractivity contribution in [1.82, 2.24) is 15.5 Å². The van der Waals surface area contributed by atoms with Gasteiger partial charge in [-0.3, -0.25) is 4.79 Å². The van der Waals surface area contributed by atoms with Gasteiger partial charge >= 0.3 is 0 Å². The fourth-order valence-corrected chi connectivity index (χ4v) is 4.12. The maximum Gasteiger partial charge on any atom is 0.227 e. The van der Waals surface area contributed by atoms with Gasteiger partial charge in [0.25, 0.3) is 0 Å². The summed E-state index contributed by atoms with van der Waals surface area (Å²) in [6.45, 7) is 1.90. The highest BCUT2D eigenvalue weighted by atomic mass is 32.1. The highest BCUT2D eigenvalue weighted by Crippen LogP contribution is 2.33. The summed E-state index contributed by atoms with van der Waals surface area (Å²) >= 11 is 3.28. The maximum atomic E-state index is 12.1. The van der Waals surface area contributed by atoms with Gasteiger partial charge in [-0.15, -0.1) is 32.9 Å². The molecule has 0 saturated carbocycles. The molecule has 1 atom stereocenters. The molecule has 4 nitrogen and oxygen atoms in total. The van der Waals surface area contributed by atoms with Gasteiger partial charge in [-0.1, -0.05) is 0 Å². The molecule has 1 amide bonds. The SMILES string of the molecule is Cc1nnc(CC(=O)NC2CCCc3sccc32)s1. The molecule has 2 aromatic heterocycles. The molecule has 0 spiro atoms. The van der Waals surface area contributed by atoms with Crippen LogP contribution in [0.1, 0.15) is 39.3 Å². The lowest BCUT2D eigenvalue weighted by atomic mass is 9.94. The first-order chi connectivity index (χ1) is 9.22. The molecule has 3 rings (SSSR count). The van der Waals surface area contributed by atoms with Crippen molar-refractivity contribution in [2.45, 2.75) is 38.6 Å². The van der Waals surface area contributed by atoms with Crippen molar-refractivity contribution in [3.63, 3.8) is 0 Å². The molecule has 0 aromatic carbocycles. The Hall–Kier alpha value is -1.27. The highest BCUT2D eigenvalue weighted by molar-refractivity contribution is 7.11. The summed E-state index contributed by atoms with van der Waals surface area (Å²) in [5.41, 5.74) is 1.30. The van der Waals surface area contributed by atoms with E-state index in [-0.39, 0.29) is 11.9 Å². The third-order valence-corrected chi connectivity index (χ3v) is 5.10. The van der Waals surface area contributed by atoms with Crippen LogP contribution >= 0.6 is 22.7 Å². The van der Waals surface area contributed by atoms with Crippen LogP contribution in [0.2, 0.25) is 0 Å². The Kier molecular flexibility index (Phi) is 3.61. The Labute approximate surface area is 119 Å². The summed E-state index contributed by atoms with van der Waals surface area (Å²) in [7, 11) is 0. The van der Waals surface area contributed by atoms with Crippen LogP contribution < -0.4 is 5.32 Å². The number of carbonyl (C=O) groups is 1. The molecule has 1 aliphatic carbocycles. The number of hydrogen-bond acceptors (Lipinski definition) is 5. The minimum atomic E-state index is 0.0419. The lowest BCUT2D eigenvalue weighted by Crippen LogP contribution is -2.31. The first-order valence-electron chi connectivity index (χ1n) is 6.37. The maximum absolute atomic E-state index is 12.1. The smallest absolute Gasteiger partial charge is 0.227 e. The number of aromatic nitrogens is 2. The number of aryl methyl sites for hydroxylation is 2. The molecule has 6 heteroatoms. The summed E-state index contributed by atoms with van der Waals surface area (Å²) in [6.07, 6.45) is 3.66. The third kappa shape index (κ3) is 2.84. The average Bonchev–Trinajstić information content (AvgIpc) is 2.98. The number of amides is 1. The molecular formula is C13H15N3OS2. The minimum Gasteiger partial charge on any atom is -0.349 e. The Morgan fingerprint density at radius 2 is 2.42 bits per heavy atom. The molecular weight excluding hydrogens is 278 g/mol. The molecule has 19 heavy (non-hydrogen) atoms. The van der Waals surface area contributed by atoms with Crippen LogP contribution in [0.5, 0.6) is 0 Å². The van der Waals surface area contributed by atoms with Gasteiger partial charge in [-0.2, -0.15) is 0 Å². The number of fused-ring (bicyclic) bond motifs is 1. The van der Waals surface area contributed by atoms with Crippen LogP contribution in [0, 0.1) is 6.92 Å². The highest BCUT2D eigenvalue weighted by Gasteiger charge is 2.23. The van der Waals surface area contributed by atoms with Crippen molar-refractivity contribution in [3.05, 3.63) is 31.9 Å². The van der Waals surface area contributed by atoms with Crippen LogP contribution in [0.25, 0.3) is 0 Å². The quantitative estimate of drug-likeness (QED) is 0.946. The van der Waals surface area contributed by atoms with Crippen molar-refractivity contribution in [3.8, 4) is 0 Å². The van der Waals surface area contributed by atoms with Crippen LogP contribution in [-0.2, 0) is 17.6 Å². The summed E-state index contributed by atoms with van der Waals surface area (Å²) < 4.78 is 0. The number of carbonyl (C=O) groups excluding carboxylic acids is 1. The number of nitrogens with zero attached hydrogens (tertiary/aromatic N) is 2. The molecule has 1 aliphatic rings. The Morgan fingerprint density at radius 3 is 3.21 bits per heavy atom. The van der Waals surface area contributed by atoms with Crippen LogP contribution in [0.3, 0.4) is 0 Å². The molecule has 2 aromatic rings. The number of rotatable bonds is 3. The number of hydrogen-bond donors (Lipinski definition) is 1. The predicted octanol–water partition coefficient (Wildman–Crippen LogP) is 2.64. The monoisotopic (exact) mass is 293 g/mol. The topological polar surface area (TPSA) is 54.9 Å². The van der Waals surface area contributed by atoms with Crippen LogP contribution in [-0.4, -0.2) is 16.1 Å². The van der Waals surface area contributed by atoms with Crippen molar-refractivity contribution >= 4 is 28.6 Å². The summed E-state index contributed by atoms with van der Waals surface area (Å²) in [4.78, 5) is 13.5. The number of thiophene rings is 1. The van der Waals surface area contributed by atoms with E-state index in [1.165, 1.54) is 21.8 Å². The van der Waals surface area contributed by atoms with E-state index in [1.54, 1.807) is 11.3 Å². The zero-order valence-electron chi connectivity index (χ0n) is 10.7. The van der Waals surface area contributed by atoms with E-state index in [0.29, 0.717) is 6.42 Å². The largest absolute Gasteiger partial charge is 0.349 e. The predicted molar refractivity (Wildman–Crippen MR) is 76.5 cm³/mol. The molecule has 1 N–H and O–H groups in total. The molecule has 0 fully saturated rings. The fourth-order valence-electron chi connectivity index (χ4n) is 2.43. The molecule has 2 heterocycles. The van der Waals surface area contributed by atoms with E-state index in [2.05, 4.69) is 27.0 Å². The lowest BCUT2D eigenvalue weighted by Gasteiger charge is -2.23. The Morgan fingerprint density at radius 1 is 1.53 bits per heavy atom. The van der Waals surface area contributed by atoms with E-state index in [0.717, 1.165) is 29.3 Å². The zero-order valence-corrected chi connectivity index (χ0v) is 12.3. The van der Waals surface area contributed by atoms with Gasteiger partial charge in [0.1, 0.15) is 10.0 Å². The second-order valence-corrected chi connectivity index (χ2v) is 6.97. The van der Waals surface area contributed by atoms with Gasteiger partial charge < -0.3 is 5.32 Å². The van der Waals surface area contributed by atoms with Crippen molar-refractivity contribution in [1.29, 1.82) is 0 Å². The van der Waals surface area contributed by atoms with Gasteiger partial charge in [0.2, 0.25) is 5.91 Å². The van der Waals surface area contributed by atoms with Crippen molar-refractivity contribution in [2.75, 3.05) is 0 Å². The van der Waals surface area contributed by atoms with E-state index in [4.69, 9.17) is 0 Å². The van der Waals surface area contributed by atoms with Gasteiger partial charge in [0.05, 0.1) is 12.5 Å². The molecule has 100 valence electrons. The van der Waals surface area contributed by atoms with E-state index < -0.39 is 0 Å². The zero-order chi connectivity index (χ0) is 13.2. The molecule has 0 aliphatic heterocycles. The number of nitrogens with one attached hydrogen (secondary N) is 1. The van der Waals surface area contributed by atoms with E-state index in [9.17, 15) is 4.79 Å². The first kappa shape index (κ1) is 12.7. The summed E-state index contributed by atoms with van der Waals surface area (Å²) in [5.74, 6) is 0.0419. The third-order valence-electron chi connectivity index (χ3n) is 3.27.